The molecule has 0 aliphatic carbocycles. The number of amides is 2. The quantitative estimate of drug-likeness (QED) is 0.688. The lowest BCUT2D eigenvalue weighted by Crippen LogP contribution is -2.49. The number of morpholine rings is 1. The van der Waals surface area contributed by atoms with Crippen molar-refractivity contribution >= 4 is 12.0 Å². The highest BCUT2D eigenvalue weighted by Gasteiger charge is 2.20. The van der Waals surface area contributed by atoms with Crippen LogP contribution in [0.5, 0.6) is 0 Å². The van der Waals surface area contributed by atoms with E-state index in [1.54, 1.807) is 4.90 Å². The Morgan fingerprint density at radius 3 is 2.74 bits per heavy atom. The Hall–Kier alpha value is -1.30. The summed E-state index contributed by atoms with van der Waals surface area (Å²) in [5.41, 5.74) is 0. The fraction of sp³-hybridized carbons (Fsp3) is 0.846. The van der Waals surface area contributed by atoms with Crippen molar-refractivity contribution in [3.63, 3.8) is 0 Å². The van der Waals surface area contributed by atoms with Crippen LogP contribution in [0.15, 0.2) is 0 Å². The van der Waals surface area contributed by atoms with Crippen LogP contribution in [0.2, 0.25) is 0 Å². The van der Waals surface area contributed by atoms with Gasteiger partial charge in [-0.2, -0.15) is 0 Å². The highest BCUT2D eigenvalue weighted by Crippen LogP contribution is 2.05. The van der Waals surface area contributed by atoms with Crippen LogP contribution in [-0.2, 0) is 9.53 Å². The van der Waals surface area contributed by atoms with Gasteiger partial charge >= 0.3 is 12.0 Å². The normalized spacial score (nSPS) is 19.2. The number of nitrogens with one attached hydrogen (secondary N) is 1. The van der Waals surface area contributed by atoms with Gasteiger partial charge in [0.25, 0.3) is 0 Å². The molecule has 1 atom stereocenters. The summed E-state index contributed by atoms with van der Waals surface area (Å²) in [7, 11) is 0. The Balaban J connectivity index is 1.99. The van der Waals surface area contributed by atoms with Crippen molar-refractivity contribution in [1.29, 1.82) is 0 Å². The van der Waals surface area contributed by atoms with Gasteiger partial charge in [-0.25, -0.2) is 4.79 Å². The number of carboxylic acids is 1. The number of carboxylic acid groups (broad SMARTS) is 1. The predicted octanol–water partition coefficient (Wildman–Crippen LogP) is 1.45. The van der Waals surface area contributed by atoms with E-state index in [0.717, 1.165) is 19.3 Å². The van der Waals surface area contributed by atoms with Gasteiger partial charge in [-0.3, -0.25) is 4.79 Å². The second-order valence-electron chi connectivity index (χ2n) is 4.92. The molecule has 19 heavy (non-hydrogen) atoms. The molecule has 1 fully saturated rings. The number of carbonyl (C=O) groups excluding carboxylic acids is 1. The van der Waals surface area contributed by atoms with E-state index in [1.165, 1.54) is 0 Å². The molecule has 6 heteroatoms. The third-order valence-electron chi connectivity index (χ3n) is 3.12. The molecule has 1 unspecified atom stereocenters. The van der Waals surface area contributed by atoms with Crippen LogP contribution < -0.4 is 5.32 Å². The number of ether oxygens (including phenoxy) is 1. The number of hydrogen-bond donors (Lipinski definition) is 2. The van der Waals surface area contributed by atoms with Gasteiger partial charge in [0, 0.05) is 26.1 Å². The molecule has 1 rings (SSSR count). The van der Waals surface area contributed by atoms with E-state index in [2.05, 4.69) is 5.32 Å². The minimum Gasteiger partial charge on any atom is -0.481 e. The van der Waals surface area contributed by atoms with Crippen LogP contribution in [0, 0.1) is 0 Å². The maximum Gasteiger partial charge on any atom is 0.317 e. The van der Waals surface area contributed by atoms with Crippen molar-refractivity contribution in [3.8, 4) is 0 Å². The predicted molar refractivity (Wildman–Crippen MR) is 71.1 cm³/mol. The van der Waals surface area contributed by atoms with Crippen molar-refractivity contribution < 1.29 is 19.4 Å². The lowest BCUT2D eigenvalue weighted by Gasteiger charge is -2.31. The average Bonchev–Trinajstić information content (AvgIpc) is 2.37. The van der Waals surface area contributed by atoms with E-state index in [1.807, 2.05) is 6.92 Å². The molecule has 1 saturated heterocycles. The molecule has 0 aromatic carbocycles. The topological polar surface area (TPSA) is 78.9 Å². The molecule has 0 aromatic rings. The highest BCUT2D eigenvalue weighted by atomic mass is 16.5. The first-order valence-corrected chi connectivity index (χ1v) is 6.96. The van der Waals surface area contributed by atoms with E-state index in [-0.39, 0.29) is 18.6 Å². The lowest BCUT2D eigenvalue weighted by atomic mass is 10.1. The third kappa shape index (κ3) is 7.00. The van der Waals surface area contributed by atoms with Crippen LogP contribution in [0.3, 0.4) is 0 Å². The van der Waals surface area contributed by atoms with Gasteiger partial charge in [-0.15, -0.1) is 0 Å². The molecule has 0 radical (unpaired) electrons. The molecule has 0 spiro atoms. The number of aliphatic carboxylic acids is 1. The molecule has 1 heterocycles. The van der Waals surface area contributed by atoms with Crippen molar-refractivity contribution in [2.24, 2.45) is 0 Å². The number of carbonyl (C=O) groups is 2. The zero-order valence-electron chi connectivity index (χ0n) is 11.6. The molecule has 1 aliphatic rings. The van der Waals surface area contributed by atoms with Crippen LogP contribution in [-0.4, -0.2) is 54.4 Å². The van der Waals surface area contributed by atoms with E-state index < -0.39 is 5.97 Å². The van der Waals surface area contributed by atoms with Gasteiger partial charge in [0.1, 0.15) is 0 Å². The molecule has 110 valence electrons. The summed E-state index contributed by atoms with van der Waals surface area (Å²) < 4.78 is 5.38. The average molecular weight is 272 g/mol. The first kappa shape index (κ1) is 15.8. The molecule has 0 bridgehead atoms. The summed E-state index contributed by atoms with van der Waals surface area (Å²) >= 11 is 0. The summed E-state index contributed by atoms with van der Waals surface area (Å²) in [6.07, 6.45) is 3.80. The zero-order valence-corrected chi connectivity index (χ0v) is 11.6. The maximum absolute atomic E-state index is 11.8. The SMILES string of the molecule is CC1CN(C(=O)NCCCCCCC(=O)O)CCO1. The van der Waals surface area contributed by atoms with Gasteiger partial charge in [0.05, 0.1) is 12.7 Å². The monoisotopic (exact) mass is 272 g/mol. The lowest BCUT2D eigenvalue weighted by molar-refractivity contribution is -0.137. The molecule has 0 saturated carbocycles. The largest absolute Gasteiger partial charge is 0.481 e. The smallest absolute Gasteiger partial charge is 0.317 e. The second kappa shape index (κ2) is 8.74. The van der Waals surface area contributed by atoms with Crippen molar-refractivity contribution in [1.82, 2.24) is 10.2 Å². The summed E-state index contributed by atoms with van der Waals surface area (Å²) in [5, 5.41) is 11.4. The summed E-state index contributed by atoms with van der Waals surface area (Å²) in [6.45, 7) is 4.50. The number of nitrogens with zero attached hydrogens (tertiary/aromatic N) is 1. The Labute approximate surface area is 114 Å². The number of unbranched alkanes of at least 4 members (excludes halogenated alkanes) is 3. The van der Waals surface area contributed by atoms with Crippen molar-refractivity contribution in [2.75, 3.05) is 26.2 Å². The minimum absolute atomic E-state index is 0.0271. The number of rotatable bonds is 7. The molecular weight excluding hydrogens is 248 g/mol. The van der Waals surface area contributed by atoms with E-state index in [4.69, 9.17) is 9.84 Å². The summed E-state index contributed by atoms with van der Waals surface area (Å²) in [5.74, 6) is -0.741. The standard InChI is InChI=1S/C13H24N2O4/c1-11-10-15(8-9-19-11)13(18)14-7-5-3-2-4-6-12(16)17/h11H,2-10H2,1H3,(H,14,18)(H,16,17). The first-order chi connectivity index (χ1) is 9.09. The summed E-state index contributed by atoms with van der Waals surface area (Å²) in [6, 6.07) is -0.0271. The molecule has 2 N–H and O–H groups in total. The van der Waals surface area contributed by atoms with Crippen molar-refractivity contribution in [2.45, 2.75) is 45.1 Å². The van der Waals surface area contributed by atoms with Gasteiger partial charge in [0.15, 0.2) is 0 Å². The zero-order chi connectivity index (χ0) is 14.1. The fourth-order valence-corrected chi connectivity index (χ4v) is 2.06. The highest BCUT2D eigenvalue weighted by molar-refractivity contribution is 5.74. The molecule has 1 aliphatic heterocycles. The minimum atomic E-state index is -0.741. The molecule has 6 nitrogen and oxygen atoms in total. The Kier molecular flexibility index (Phi) is 7.25. The number of urea groups is 1. The Morgan fingerprint density at radius 2 is 2.05 bits per heavy atom. The van der Waals surface area contributed by atoms with Crippen LogP contribution >= 0.6 is 0 Å². The number of hydrogen-bond acceptors (Lipinski definition) is 3. The Bertz CT molecular complexity index is 296. The summed E-state index contributed by atoms with van der Waals surface area (Å²) in [4.78, 5) is 23.9. The molecular formula is C13H24N2O4. The third-order valence-corrected chi connectivity index (χ3v) is 3.12. The van der Waals surface area contributed by atoms with Crippen LogP contribution in [0.1, 0.15) is 39.0 Å². The van der Waals surface area contributed by atoms with E-state index >= 15 is 0 Å². The van der Waals surface area contributed by atoms with Crippen molar-refractivity contribution in [3.05, 3.63) is 0 Å². The fourth-order valence-electron chi connectivity index (χ4n) is 2.06. The van der Waals surface area contributed by atoms with E-state index in [9.17, 15) is 9.59 Å². The van der Waals surface area contributed by atoms with E-state index in [0.29, 0.717) is 32.7 Å². The molecule has 0 aromatic heterocycles. The molecule has 2 amide bonds. The van der Waals surface area contributed by atoms with Crippen LogP contribution in [0.4, 0.5) is 4.79 Å². The van der Waals surface area contributed by atoms with Gasteiger partial charge < -0.3 is 20.1 Å². The second-order valence-corrected chi connectivity index (χ2v) is 4.92. The van der Waals surface area contributed by atoms with Gasteiger partial charge in [-0.05, 0) is 19.8 Å². The van der Waals surface area contributed by atoms with Crippen LogP contribution in [0.25, 0.3) is 0 Å². The maximum atomic E-state index is 11.8. The first-order valence-electron chi connectivity index (χ1n) is 6.96. The Morgan fingerprint density at radius 1 is 1.32 bits per heavy atom. The van der Waals surface area contributed by atoms with Gasteiger partial charge in [-0.1, -0.05) is 12.8 Å². The van der Waals surface area contributed by atoms with Gasteiger partial charge in [0.2, 0.25) is 0 Å².